The number of amides is 1. The molecule has 0 fully saturated rings. The molecule has 4 nitrogen and oxygen atoms in total. The molecule has 0 aliphatic heterocycles. The second-order valence-corrected chi connectivity index (χ2v) is 5.13. The van der Waals surface area contributed by atoms with Crippen LogP contribution in [0.5, 0.6) is 0 Å². The molecule has 1 unspecified atom stereocenters. The highest BCUT2D eigenvalue weighted by molar-refractivity contribution is 9.10. The Morgan fingerprint density at radius 3 is 2.75 bits per heavy atom. The van der Waals surface area contributed by atoms with Crippen molar-refractivity contribution in [1.82, 2.24) is 10.3 Å². The van der Waals surface area contributed by atoms with E-state index in [0.29, 0.717) is 11.6 Å². The number of halogens is 1. The Hall–Kier alpha value is -0.810. The Labute approximate surface area is 104 Å². The standard InChI is InChI=1S/C11H17BrN2O2/c1-7(2)3-9(6-15)14-11(16)10-4-8(12)5-13-10/h4-5,7,9,13,15H,3,6H2,1-2H3,(H,14,16). The lowest BCUT2D eigenvalue weighted by molar-refractivity contribution is 0.0904. The van der Waals surface area contributed by atoms with Crippen LogP contribution in [0.1, 0.15) is 30.8 Å². The van der Waals surface area contributed by atoms with Gasteiger partial charge in [0.25, 0.3) is 5.91 Å². The third kappa shape index (κ3) is 3.98. The van der Waals surface area contributed by atoms with E-state index in [2.05, 4.69) is 40.1 Å². The number of aliphatic hydroxyl groups excluding tert-OH is 1. The molecule has 3 N–H and O–H groups in total. The number of hydrogen-bond donors (Lipinski definition) is 3. The molecule has 16 heavy (non-hydrogen) atoms. The van der Waals surface area contributed by atoms with Gasteiger partial charge < -0.3 is 15.4 Å². The second kappa shape index (κ2) is 6.06. The molecule has 0 spiro atoms. The van der Waals surface area contributed by atoms with E-state index in [-0.39, 0.29) is 18.6 Å². The van der Waals surface area contributed by atoms with E-state index < -0.39 is 0 Å². The van der Waals surface area contributed by atoms with Crippen LogP contribution in [-0.4, -0.2) is 28.6 Å². The van der Waals surface area contributed by atoms with Crippen LogP contribution >= 0.6 is 15.9 Å². The zero-order chi connectivity index (χ0) is 12.1. The normalized spacial score (nSPS) is 12.8. The molecule has 1 amide bonds. The van der Waals surface area contributed by atoms with Crippen molar-refractivity contribution in [2.24, 2.45) is 5.92 Å². The van der Waals surface area contributed by atoms with Crippen LogP contribution in [0, 0.1) is 5.92 Å². The van der Waals surface area contributed by atoms with Crippen LogP contribution in [0.15, 0.2) is 16.7 Å². The maximum Gasteiger partial charge on any atom is 0.268 e. The fourth-order valence-electron chi connectivity index (χ4n) is 1.51. The van der Waals surface area contributed by atoms with E-state index in [1.54, 1.807) is 12.3 Å². The minimum Gasteiger partial charge on any atom is -0.394 e. The van der Waals surface area contributed by atoms with Crippen LogP contribution in [0.4, 0.5) is 0 Å². The molecule has 1 atom stereocenters. The van der Waals surface area contributed by atoms with Crippen LogP contribution in [0.3, 0.4) is 0 Å². The van der Waals surface area contributed by atoms with Gasteiger partial charge in [-0.1, -0.05) is 13.8 Å². The third-order valence-electron chi connectivity index (χ3n) is 2.20. The number of nitrogens with one attached hydrogen (secondary N) is 2. The number of aromatic nitrogens is 1. The van der Waals surface area contributed by atoms with Gasteiger partial charge in [0.2, 0.25) is 0 Å². The van der Waals surface area contributed by atoms with Crippen LogP contribution in [0.2, 0.25) is 0 Å². The third-order valence-corrected chi connectivity index (χ3v) is 2.66. The lowest BCUT2D eigenvalue weighted by Gasteiger charge is -2.17. The minimum atomic E-state index is -0.189. The van der Waals surface area contributed by atoms with E-state index >= 15 is 0 Å². The average molecular weight is 289 g/mol. The first kappa shape index (κ1) is 13.3. The predicted molar refractivity (Wildman–Crippen MR) is 66.3 cm³/mol. The van der Waals surface area contributed by atoms with Gasteiger partial charge in [-0.15, -0.1) is 0 Å². The summed E-state index contributed by atoms with van der Waals surface area (Å²) in [5.41, 5.74) is 0.495. The van der Waals surface area contributed by atoms with Crippen molar-refractivity contribution in [2.45, 2.75) is 26.3 Å². The van der Waals surface area contributed by atoms with Crippen molar-refractivity contribution in [3.05, 3.63) is 22.4 Å². The molecule has 0 saturated heterocycles. The number of H-pyrrole nitrogens is 1. The van der Waals surface area contributed by atoms with Crippen molar-refractivity contribution >= 4 is 21.8 Å². The van der Waals surface area contributed by atoms with Gasteiger partial charge in [-0.3, -0.25) is 4.79 Å². The van der Waals surface area contributed by atoms with Gasteiger partial charge in [-0.05, 0) is 34.3 Å². The summed E-state index contributed by atoms with van der Waals surface area (Å²) < 4.78 is 0.835. The summed E-state index contributed by atoms with van der Waals surface area (Å²) in [5.74, 6) is 0.248. The molecule has 0 aromatic carbocycles. The van der Waals surface area contributed by atoms with Crippen molar-refractivity contribution in [3.63, 3.8) is 0 Å². The Kier molecular flexibility index (Phi) is 5.02. The molecule has 1 heterocycles. The molecule has 90 valence electrons. The number of aromatic amines is 1. The summed E-state index contributed by atoms with van der Waals surface area (Å²) >= 11 is 3.26. The fourth-order valence-corrected chi connectivity index (χ4v) is 1.85. The van der Waals surface area contributed by atoms with E-state index in [1.807, 2.05) is 0 Å². The van der Waals surface area contributed by atoms with Gasteiger partial charge in [0.15, 0.2) is 0 Å². The molecule has 0 aliphatic carbocycles. The van der Waals surface area contributed by atoms with E-state index in [9.17, 15) is 4.79 Å². The van der Waals surface area contributed by atoms with E-state index in [1.165, 1.54) is 0 Å². The highest BCUT2D eigenvalue weighted by Gasteiger charge is 2.15. The van der Waals surface area contributed by atoms with Gasteiger partial charge in [0, 0.05) is 10.7 Å². The first-order valence-electron chi connectivity index (χ1n) is 5.28. The first-order valence-corrected chi connectivity index (χ1v) is 6.08. The minimum absolute atomic E-state index is 0.0359. The van der Waals surface area contributed by atoms with Crippen LogP contribution < -0.4 is 5.32 Å². The number of hydrogen-bond acceptors (Lipinski definition) is 2. The molecule has 0 aliphatic rings. The molecular formula is C11H17BrN2O2. The lowest BCUT2D eigenvalue weighted by Crippen LogP contribution is -2.38. The SMILES string of the molecule is CC(C)CC(CO)NC(=O)c1cc(Br)c[nH]1. The van der Waals surface area contributed by atoms with Crippen molar-refractivity contribution in [3.8, 4) is 0 Å². The summed E-state index contributed by atoms with van der Waals surface area (Å²) in [4.78, 5) is 14.6. The van der Waals surface area contributed by atoms with Crippen molar-refractivity contribution in [1.29, 1.82) is 0 Å². The monoisotopic (exact) mass is 288 g/mol. The smallest absolute Gasteiger partial charge is 0.268 e. The molecule has 5 heteroatoms. The molecular weight excluding hydrogens is 272 g/mol. The Morgan fingerprint density at radius 2 is 2.31 bits per heavy atom. The average Bonchev–Trinajstić information content (AvgIpc) is 2.63. The lowest BCUT2D eigenvalue weighted by atomic mass is 10.0. The molecule has 1 aromatic rings. The first-order chi connectivity index (χ1) is 7.52. The summed E-state index contributed by atoms with van der Waals surface area (Å²) in [6, 6.07) is 1.52. The number of rotatable bonds is 5. The van der Waals surface area contributed by atoms with E-state index in [4.69, 9.17) is 5.11 Å². The number of carbonyl (C=O) groups excluding carboxylic acids is 1. The Morgan fingerprint density at radius 1 is 1.62 bits per heavy atom. The predicted octanol–water partition coefficient (Wildman–Crippen LogP) is 1.91. The van der Waals surface area contributed by atoms with Crippen molar-refractivity contribution in [2.75, 3.05) is 6.61 Å². The van der Waals surface area contributed by atoms with Gasteiger partial charge >= 0.3 is 0 Å². The summed E-state index contributed by atoms with van der Waals surface area (Å²) in [6.45, 7) is 4.08. The van der Waals surface area contributed by atoms with Crippen LogP contribution in [-0.2, 0) is 0 Å². The van der Waals surface area contributed by atoms with Crippen LogP contribution in [0.25, 0.3) is 0 Å². The maximum atomic E-state index is 11.7. The van der Waals surface area contributed by atoms with Crippen molar-refractivity contribution < 1.29 is 9.90 Å². The molecule has 1 aromatic heterocycles. The summed E-state index contributed by atoms with van der Waals surface area (Å²) in [7, 11) is 0. The van der Waals surface area contributed by atoms with E-state index in [0.717, 1.165) is 10.9 Å². The topological polar surface area (TPSA) is 65.1 Å². The summed E-state index contributed by atoms with van der Waals surface area (Å²) in [5, 5.41) is 11.9. The zero-order valence-electron chi connectivity index (χ0n) is 9.46. The molecule has 0 bridgehead atoms. The number of carbonyl (C=O) groups is 1. The fraction of sp³-hybridized carbons (Fsp3) is 0.545. The Balaban J connectivity index is 2.55. The van der Waals surface area contributed by atoms with Gasteiger partial charge in [0.05, 0.1) is 12.6 Å². The highest BCUT2D eigenvalue weighted by Crippen LogP contribution is 2.11. The molecule has 0 saturated carbocycles. The Bertz CT molecular complexity index is 350. The zero-order valence-corrected chi connectivity index (χ0v) is 11.0. The maximum absolute atomic E-state index is 11.7. The number of aliphatic hydroxyl groups is 1. The molecule has 0 radical (unpaired) electrons. The summed E-state index contributed by atoms with van der Waals surface area (Å²) in [6.07, 6.45) is 2.47. The molecule has 1 rings (SSSR count). The second-order valence-electron chi connectivity index (χ2n) is 4.21. The highest BCUT2D eigenvalue weighted by atomic mass is 79.9. The van der Waals surface area contributed by atoms with Gasteiger partial charge in [-0.2, -0.15) is 0 Å². The largest absolute Gasteiger partial charge is 0.394 e. The van der Waals surface area contributed by atoms with Gasteiger partial charge in [-0.25, -0.2) is 0 Å². The van der Waals surface area contributed by atoms with Gasteiger partial charge in [0.1, 0.15) is 5.69 Å². The quantitative estimate of drug-likeness (QED) is 0.775.